The van der Waals surface area contributed by atoms with Gasteiger partial charge in [0.05, 0.1) is 19.3 Å². The Labute approximate surface area is 199 Å². The summed E-state index contributed by atoms with van der Waals surface area (Å²) in [5.41, 5.74) is 3.44. The third-order valence-corrected chi connectivity index (χ3v) is 5.36. The van der Waals surface area contributed by atoms with Gasteiger partial charge < -0.3 is 20.3 Å². The van der Waals surface area contributed by atoms with E-state index in [0.29, 0.717) is 16.6 Å². The molecule has 1 heterocycles. The van der Waals surface area contributed by atoms with Crippen LogP contribution in [0.2, 0.25) is 10.0 Å². The summed E-state index contributed by atoms with van der Waals surface area (Å²) in [7, 11) is 1.76. The fourth-order valence-electron chi connectivity index (χ4n) is 3.28. The summed E-state index contributed by atoms with van der Waals surface area (Å²) in [5, 5.41) is 8.07. The Kier molecular flexibility index (Phi) is 9.82. The Morgan fingerprint density at radius 1 is 1.17 bits per heavy atom. The van der Waals surface area contributed by atoms with Crippen molar-refractivity contribution >= 4 is 58.8 Å². The molecule has 2 N–H and O–H groups in total. The number of halogens is 3. The van der Waals surface area contributed by atoms with E-state index >= 15 is 0 Å². The fourth-order valence-corrected chi connectivity index (χ4v) is 3.85. The van der Waals surface area contributed by atoms with Crippen molar-refractivity contribution in [1.29, 1.82) is 0 Å². The zero-order valence-corrected chi connectivity index (χ0v) is 20.5. The maximum absolute atomic E-state index is 6.33. The summed E-state index contributed by atoms with van der Waals surface area (Å²) in [6.07, 6.45) is 0. The van der Waals surface area contributed by atoms with Gasteiger partial charge in [0.1, 0.15) is 0 Å². The van der Waals surface area contributed by atoms with Gasteiger partial charge in [-0.1, -0.05) is 47.5 Å². The summed E-state index contributed by atoms with van der Waals surface area (Å²) in [5.74, 6) is 0.718. The van der Waals surface area contributed by atoms with E-state index in [-0.39, 0.29) is 30.0 Å². The first-order chi connectivity index (χ1) is 13.6. The molecule has 1 aliphatic heterocycles. The molecular formula is C21H27Cl2IN4O. The van der Waals surface area contributed by atoms with Crippen molar-refractivity contribution in [3.8, 4) is 0 Å². The monoisotopic (exact) mass is 548 g/mol. The van der Waals surface area contributed by atoms with Gasteiger partial charge >= 0.3 is 0 Å². The van der Waals surface area contributed by atoms with Crippen molar-refractivity contribution in [2.75, 3.05) is 38.3 Å². The Bertz CT molecular complexity index is 828. The van der Waals surface area contributed by atoms with Gasteiger partial charge in [0, 0.05) is 42.4 Å². The number of nitrogens with one attached hydrogen (secondary N) is 2. The molecule has 2 aromatic carbocycles. The van der Waals surface area contributed by atoms with Crippen LogP contribution in [0.5, 0.6) is 0 Å². The first-order valence-corrected chi connectivity index (χ1v) is 10.2. The number of ether oxygens (including phenoxy) is 1. The molecule has 5 nitrogen and oxygen atoms in total. The number of anilines is 1. The Hall–Kier alpha value is -1.22. The predicted octanol–water partition coefficient (Wildman–Crippen LogP) is 4.87. The highest BCUT2D eigenvalue weighted by Gasteiger charge is 2.15. The molecule has 29 heavy (non-hydrogen) atoms. The second-order valence-electron chi connectivity index (χ2n) is 6.69. The van der Waals surface area contributed by atoms with Crippen molar-refractivity contribution in [1.82, 2.24) is 10.6 Å². The Morgan fingerprint density at radius 3 is 2.59 bits per heavy atom. The number of guanidine groups is 1. The number of morpholine rings is 1. The lowest BCUT2D eigenvalue weighted by Crippen LogP contribution is -2.39. The van der Waals surface area contributed by atoms with Gasteiger partial charge in [0.2, 0.25) is 0 Å². The van der Waals surface area contributed by atoms with E-state index in [1.165, 1.54) is 11.3 Å². The van der Waals surface area contributed by atoms with E-state index in [2.05, 4.69) is 44.8 Å². The molecule has 0 radical (unpaired) electrons. The van der Waals surface area contributed by atoms with E-state index in [0.717, 1.165) is 37.8 Å². The van der Waals surface area contributed by atoms with Crippen LogP contribution in [0.25, 0.3) is 0 Å². The second kappa shape index (κ2) is 11.8. The highest BCUT2D eigenvalue weighted by molar-refractivity contribution is 14.0. The van der Waals surface area contributed by atoms with Gasteiger partial charge in [-0.15, -0.1) is 24.0 Å². The van der Waals surface area contributed by atoms with Crippen LogP contribution in [0, 0.1) is 0 Å². The molecule has 1 saturated heterocycles. The smallest absolute Gasteiger partial charge is 0.191 e. The van der Waals surface area contributed by atoms with Crippen molar-refractivity contribution in [3.63, 3.8) is 0 Å². The zero-order valence-electron chi connectivity index (χ0n) is 16.6. The molecule has 0 aliphatic carbocycles. The highest BCUT2D eigenvalue weighted by atomic mass is 127. The number of para-hydroxylation sites is 1. The minimum atomic E-state index is -0.00884. The van der Waals surface area contributed by atoms with Gasteiger partial charge in [-0.3, -0.25) is 4.99 Å². The predicted molar refractivity (Wildman–Crippen MR) is 133 cm³/mol. The molecule has 1 aliphatic rings. The first kappa shape index (κ1) is 24.1. The molecule has 0 saturated carbocycles. The molecular weight excluding hydrogens is 522 g/mol. The maximum Gasteiger partial charge on any atom is 0.191 e. The summed E-state index contributed by atoms with van der Waals surface area (Å²) in [4.78, 5) is 6.72. The van der Waals surface area contributed by atoms with Crippen LogP contribution in [-0.2, 0) is 11.3 Å². The number of hydrogen-bond acceptors (Lipinski definition) is 3. The third-order valence-electron chi connectivity index (χ3n) is 4.80. The van der Waals surface area contributed by atoms with Crippen LogP contribution >= 0.6 is 47.2 Å². The van der Waals surface area contributed by atoms with Crippen LogP contribution in [0.15, 0.2) is 47.5 Å². The quantitative estimate of drug-likeness (QED) is 0.318. The maximum atomic E-state index is 6.33. The Morgan fingerprint density at radius 2 is 1.90 bits per heavy atom. The van der Waals surface area contributed by atoms with E-state index < -0.39 is 0 Å². The van der Waals surface area contributed by atoms with Crippen molar-refractivity contribution in [2.45, 2.75) is 19.5 Å². The van der Waals surface area contributed by atoms with Crippen molar-refractivity contribution < 1.29 is 4.74 Å². The molecule has 8 heteroatoms. The molecule has 1 atom stereocenters. The molecule has 1 unspecified atom stereocenters. The molecule has 3 rings (SSSR count). The van der Waals surface area contributed by atoms with Gasteiger partial charge in [-0.2, -0.15) is 0 Å². The number of benzene rings is 2. The number of aliphatic imine (C=N–C) groups is 1. The fraction of sp³-hybridized carbons (Fsp3) is 0.381. The lowest BCUT2D eigenvalue weighted by molar-refractivity contribution is 0.122. The zero-order chi connectivity index (χ0) is 19.9. The summed E-state index contributed by atoms with van der Waals surface area (Å²) in [6, 6.07) is 14.0. The second-order valence-corrected chi connectivity index (χ2v) is 7.53. The largest absolute Gasteiger partial charge is 0.378 e. The van der Waals surface area contributed by atoms with Crippen LogP contribution in [-0.4, -0.2) is 39.3 Å². The normalized spacial score (nSPS) is 15.4. The topological polar surface area (TPSA) is 48.9 Å². The average Bonchev–Trinajstić information content (AvgIpc) is 2.71. The SMILES string of the molecule is CN=C(NCc1ccccc1N1CCOCC1)NC(C)c1ccc(Cl)cc1Cl.I. The van der Waals surface area contributed by atoms with Gasteiger partial charge in [0.25, 0.3) is 0 Å². The summed E-state index contributed by atoms with van der Waals surface area (Å²) < 4.78 is 5.47. The van der Waals surface area contributed by atoms with E-state index in [4.69, 9.17) is 27.9 Å². The average molecular weight is 549 g/mol. The lowest BCUT2D eigenvalue weighted by atomic mass is 10.1. The lowest BCUT2D eigenvalue weighted by Gasteiger charge is -2.30. The highest BCUT2D eigenvalue weighted by Crippen LogP contribution is 2.26. The minimum Gasteiger partial charge on any atom is -0.378 e. The summed E-state index contributed by atoms with van der Waals surface area (Å²) >= 11 is 12.3. The van der Waals surface area contributed by atoms with E-state index in [1.807, 2.05) is 19.1 Å². The van der Waals surface area contributed by atoms with Crippen LogP contribution < -0.4 is 15.5 Å². The van der Waals surface area contributed by atoms with E-state index in [1.54, 1.807) is 13.1 Å². The van der Waals surface area contributed by atoms with Crippen molar-refractivity contribution in [2.24, 2.45) is 4.99 Å². The van der Waals surface area contributed by atoms with Crippen molar-refractivity contribution in [3.05, 3.63) is 63.6 Å². The Balaban J connectivity index is 0.00000300. The molecule has 0 amide bonds. The van der Waals surface area contributed by atoms with E-state index in [9.17, 15) is 0 Å². The molecule has 0 aromatic heterocycles. The summed E-state index contributed by atoms with van der Waals surface area (Å²) in [6.45, 7) is 6.08. The first-order valence-electron chi connectivity index (χ1n) is 9.41. The molecule has 1 fully saturated rings. The number of nitrogens with zero attached hydrogens (tertiary/aromatic N) is 2. The van der Waals surface area contributed by atoms with Crippen LogP contribution in [0.4, 0.5) is 5.69 Å². The molecule has 2 aromatic rings. The third kappa shape index (κ3) is 6.64. The van der Waals surface area contributed by atoms with Gasteiger partial charge in [-0.05, 0) is 36.2 Å². The van der Waals surface area contributed by atoms with Gasteiger partial charge in [-0.25, -0.2) is 0 Å². The van der Waals surface area contributed by atoms with Crippen LogP contribution in [0.3, 0.4) is 0 Å². The molecule has 0 spiro atoms. The van der Waals surface area contributed by atoms with Crippen LogP contribution in [0.1, 0.15) is 24.1 Å². The minimum absolute atomic E-state index is 0. The number of hydrogen-bond donors (Lipinski definition) is 2. The number of rotatable bonds is 5. The standard InChI is InChI=1S/C21H26Cl2N4O.HI/c1-15(18-8-7-17(22)13-19(18)23)26-21(24-2)25-14-16-5-3-4-6-20(16)27-9-11-28-12-10-27;/h3-8,13,15H,9-12,14H2,1-2H3,(H2,24,25,26);1H. The molecule has 0 bridgehead atoms. The van der Waals surface area contributed by atoms with Gasteiger partial charge in [0.15, 0.2) is 5.96 Å². The molecule has 158 valence electrons.